The van der Waals surface area contributed by atoms with E-state index < -0.39 is 0 Å². The number of nitrogens with zero attached hydrogens (tertiary/aromatic N) is 1. The molecule has 1 aliphatic rings. The molecule has 0 heterocycles. The van der Waals surface area contributed by atoms with Gasteiger partial charge >= 0.3 is 0 Å². The summed E-state index contributed by atoms with van der Waals surface area (Å²) in [6.45, 7) is 4.45. The molecule has 1 aliphatic carbocycles. The second-order valence-electron chi connectivity index (χ2n) is 14.3. The number of anilines is 3. The van der Waals surface area contributed by atoms with Gasteiger partial charge in [0.25, 0.3) is 0 Å². The van der Waals surface area contributed by atoms with E-state index in [1.54, 1.807) is 0 Å². The lowest BCUT2D eigenvalue weighted by Gasteiger charge is -2.30. The number of hydrogen-bond donors (Lipinski definition) is 0. The lowest BCUT2D eigenvalue weighted by molar-refractivity contribution is 1.23. The van der Waals surface area contributed by atoms with E-state index in [0.717, 1.165) is 5.69 Å². The van der Waals surface area contributed by atoms with Gasteiger partial charge in [0, 0.05) is 17.1 Å². The monoisotopic (exact) mass is 675 g/mol. The zero-order chi connectivity index (χ0) is 35.5. The van der Waals surface area contributed by atoms with Gasteiger partial charge in [0.1, 0.15) is 0 Å². The highest BCUT2D eigenvalue weighted by Crippen LogP contribution is 2.51. The molecule has 0 radical (unpaired) electrons. The first-order chi connectivity index (χ1) is 26.1. The highest BCUT2D eigenvalue weighted by molar-refractivity contribution is 6.12. The Kier molecular flexibility index (Phi) is 7.33. The maximum Gasteiger partial charge on any atom is 0.0497 e. The van der Waals surface area contributed by atoms with E-state index >= 15 is 0 Å². The van der Waals surface area contributed by atoms with E-state index in [-0.39, 0.29) is 0 Å². The summed E-state index contributed by atoms with van der Waals surface area (Å²) >= 11 is 0. The maximum atomic E-state index is 2.47. The van der Waals surface area contributed by atoms with Gasteiger partial charge < -0.3 is 4.90 Å². The maximum absolute atomic E-state index is 2.47. The summed E-state index contributed by atoms with van der Waals surface area (Å²) in [5.41, 5.74) is 18.6. The second-order valence-corrected chi connectivity index (χ2v) is 14.3. The molecule has 0 aromatic heterocycles. The van der Waals surface area contributed by atoms with Crippen LogP contribution in [0.1, 0.15) is 11.1 Å². The number of benzene rings is 9. The average molecular weight is 676 g/mol. The number of rotatable bonds is 6. The summed E-state index contributed by atoms with van der Waals surface area (Å²) in [5, 5.41) is 5.05. The first kappa shape index (κ1) is 31.1. The van der Waals surface area contributed by atoms with Gasteiger partial charge in [-0.3, -0.25) is 0 Å². The molecular formula is C52H37N. The Bertz CT molecular complexity index is 2750. The van der Waals surface area contributed by atoms with E-state index in [2.05, 4.69) is 207 Å². The average Bonchev–Trinajstić information content (AvgIpc) is 3.21. The molecule has 0 atom stereocenters. The molecule has 9 aromatic rings. The minimum absolute atomic E-state index is 1.14. The lowest BCUT2D eigenvalue weighted by Crippen LogP contribution is -2.13. The van der Waals surface area contributed by atoms with Crippen molar-refractivity contribution in [1.29, 1.82) is 0 Å². The Morgan fingerprint density at radius 3 is 1.13 bits per heavy atom. The van der Waals surface area contributed by atoms with Crippen LogP contribution in [-0.4, -0.2) is 0 Å². The molecule has 1 nitrogen and oxygen atoms in total. The largest absolute Gasteiger partial charge is 0.310 e. The van der Waals surface area contributed by atoms with Gasteiger partial charge in [0.15, 0.2) is 0 Å². The third kappa shape index (κ3) is 5.41. The van der Waals surface area contributed by atoms with Gasteiger partial charge in [-0.25, -0.2) is 0 Å². The minimum atomic E-state index is 1.14. The highest BCUT2D eigenvalue weighted by Gasteiger charge is 2.25. The van der Waals surface area contributed by atoms with E-state index in [4.69, 9.17) is 0 Å². The fraction of sp³-hybridized carbons (Fsp3) is 0.0385. The Hall–Kier alpha value is -6.70. The van der Waals surface area contributed by atoms with Crippen LogP contribution in [0.25, 0.3) is 77.2 Å². The molecule has 0 spiro atoms. The van der Waals surface area contributed by atoms with Crippen molar-refractivity contribution in [2.75, 3.05) is 4.90 Å². The first-order valence-electron chi connectivity index (χ1n) is 18.4. The number of aryl methyl sites for hydroxylation is 2. The van der Waals surface area contributed by atoms with Gasteiger partial charge in [-0.15, -0.1) is 0 Å². The van der Waals surface area contributed by atoms with E-state index in [9.17, 15) is 0 Å². The van der Waals surface area contributed by atoms with Crippen LogP contribution in [0.3, 0.4) is 0 Å². The summed E-state index contributed by atoms with van der Waals surface area (Å²) < 4.78 is 0. The van der Waals surface area contributed by atoms with Crippen LogP contribution in [-0.2, 0) is 0 Å². The third-order valence-corrected chi connectivity index (χ3v) is 11.0. The Morgan fingerprint density at radius 1 is 0.283 bits per heavy atom. The highest BCUT2D eigenvalue weighted by atomic mass is 15.1. The fourth-order valence-corrected chi connectivity index (χ4v) is 8.09. The second kappa shape index (κ2) is 12.5. The standard InChI is InChI=1S/C52H37N/c1-34-18-20-42(37-14-8-4-9-15-37)32-51(34)53(52-33-43(21-19-35(52)2)38-16-10-5-11-17-38)46-25-24-41-29-48-49-30-44-26-39(36-12-6-3-7-13-36)22-23-40(44)28-47(49)50(48)31-45(41)27-46/h3-33H,1-2H3. The van der Waals surface area contributed by atoms with Crippen molar-refractivity contribution in [2.45, 2.75) is 13.8 Å². The van der Waals surface area contributed by atoms with Crippen molar-refractivity contribution >= 4 is 38.6 Å². The van der Waals surface area contributed by atoms with Gasteiger partial charge in [0.05, 0.1) is 0 Å². The van der Waals surface area contributed by atoms with Crippen LogP contribution >= 0.6 is 0 Å². The molecule has 0 fully saturated rings. The van der Waals surface area contributed by atoms with Crippen molar-refractivity contribution in [3.63, 3.8) is 0 Å². The van der Waals surface area contributed by atoms with Crippen LogP contribution in [0.4, 0.5) is 17.1 Å². The molecule has 0 unspecified atom stereocenters. The predicted octanol–water partition coefficient (Wildman–Crippen LogP) is 14.7. The molecule has 0 bridgehead atoms. The minimum Gasteiger partial charge on any atom is -0.310 e. The summed E-state index contributed by atoms with van der Waals surface area (Å²) in [4.78, 5) is 2.47. The van der Waals surface area contributed by atoms with Crippen molar-refractivity contribution in [1.82, 2.24) is 0 Å². The van der Waals surface area contributed by atoms with Crippen molar-refractivity contribution < 1.29 is 0 Å². The van der Waals surface area contributed by atoms with Gasteiger partial charge in [0.2, 0.25) is 0 Å². The van der Waals surface area contributed by atoms with Crippen LogP contribution < -0.4 is 4.90 Å². The molecule has 0 aliphatic heterocycles. The third-order valence-electron chi connectivity index (χ3n) is 11.0. The first-order valence-corrected chi connectivity index (χ1v) is 18.4. The molecular weight excluding hydrogens is 639 g/mol. The van der Waals surface area contributed by atoms with Crippen molar-refractivity contribution in [2.24, 2.45) is 0 Å². The number of fused-ring (bicyclic) bond motifs is 6. The van der Waals surface area contributed by atoms with Crippen LogP contribution in [0.2, 0.25) is 0 Å². The normalized spacial score (nSPS) is 11.6. The van der Waals surface area contributed by atoms with Crippen LogP contribution in [0.5, 0.6) is 0 Å². The van der Waals surface area contributed by atoms with Crippen molar-refractivity contribution in [3.05, 3.63) is 199 Å². The van der Waals surface area contributed by atoms with E-state index in [1.807, 2.05) is 0 Å². The Morgan fingerprint density at radius 2 is 0.660 bits per heavy atom. The molecule has 0 N–H and O–H groups in total. The molecule has 9 aromatic carbocycles. The summed E-state index contributed by atoms with van der Waals surface area (Å²) in [7, 11) is 0. The molecule has 10 rings (SSSR count). The molecule has 53 heavy (non-hydrogen) atoms. The zero-order valence-electron chi connectivity index (χ0n) is 29.8. The smallest absolute Gasteiger partial charge is 0.0497 e. The quantitative estimate of drug-likeness (QED) is 0.170. The van der Waals surface area contributed by atoms with Crippen LogP contribution in [0, 0.1) is 13.8 Å². The molecule has 1 heteroatoms. The summed E-state index contributed by atoms with van der Waals surface area (Å²) in [6.07, 6.45) is 0. The topological polar surface area (TPSA) is 3.24 Å². The van der Waals surface area contributed by atoms with Crippen molar-refractivity contribution in [3.8, 4) is 55.6 Å². The van der Waals surface area contributed by atoms with E-state index in [1.165, 1.54) is 99.7 Å². The zero-order valence-corrected chi connectivity index (χ0v) is 29.8. The predicted molar refractivity (Wildman–Crippen MR) is 226 cm³/mol. The Balaban J connectivity index is 1.11. The fourth-order valence-electron chi connectivity index (χ4n) is 8.09. The van der Waals surface area contributed by atoms with Gasteiger partial charge in [-0.05, 0) is 157 Å². The molecule has 250 valence electrons. The summed E-state index contributed by atoms with van der Waals surface area (Å²) in [5.74, 6) is 0. The molecule has 0 saturated carbocycles. The molecule has 0 amide bonds. The Labute approximate surface area is 311 Å². The number of hydrogen-bond acceptors (Lipinski definition) is 1. The van der Waals surface area contributed by atoms with Gasteiger partial charge in [-0.1, -0.05) is 133 Å². The van der Waals surface area contributed by atoms with Gasteiger partial charge in [-0.2, -0.15) is 0 Å². The van der Waals surface area contributed by atoms with Crippen LogP contribution in [0.15, 0.2) is 188 Å². The SMILES string of the molecule is Cc1ccc(-c2ccccc2)cc1N(c1ccc2cc3c(cc2c1)-c1cc2ccc(-c4ccccc4)cc2cc1-3)c1cc(-c2ccccc2)ccc1C. The summed E-state index contributed by atoms with van der Waals surface area (Å²) in [6, 6.07) is 69.1. The molecule has 0 saturated heterocycles. The lowest BCUT2D eigenvalue weighted by atomic mass is 9.77. The van der Waals surface area contributed by atoms with E-state index in [0.29, 0.717) is 0 Å².